The smallest absolute Gasteiger partial charge is 0.416 e. The van der Waals surface area contributed by atoms with E-state index in [0.29, 0.717) is 11.1 Å². The van der Waals surface area contributed by atoms with Gasteiger partial charge in [-0.2, -0.15) is 13.2 Å². The number of carboxylic acids is 1. The first kappa shape index (κ1) is 15.1. The van der Waals surface area contributed by atoms with Crippen molar-refractivity contribution < 1.29 is 27.5 Å². The van der Waals surface area contributed by atoms with Crippen LogP contribution in [0.15, 0.2) is 42.6 Å². The van der Waals surface area contributed by atoms with Crippen LogP contribution in [0.4, 0.5) is 17.6 Å². The van der Waals surface area contributed by atoms with Gasteiger partial charge < -0.3 is 10.1 Å². The highest BCUT2D eigenvalue weighted by molar-refractivity contribution is 6.04. The van der Waals surface area contributed by atoms with Gasteiger partial charge in [-0.15, -0.1) is 0 Å². The average molecular weight is 323 g/mol. The molecule has 0 unspecified atom stereocenters. The van der Waals surface area contributed by atoms with Crippen LogP contribution in [0.5, 0.6) is 0 Å². The average Bonchev–Trinajstić information content (AvgIpc) is 2.91. The Hall–Kier alpha value is -2.83. The van der Waals surface area contributed by atoms with Gasteiger partial charge in [0.1, 0.15) is 5.82 Å². The normalized spacial score (nSPS) is 11.8. The molecule has 0 fully saturated rings. The van der Waals surface area contributed by atoms with Gasteiger partial charge in [0.2, 0.25) is 0 Å². The van der Waals surface area contributed by atoms with Gasteiger partial charge in [0.15, 0.2) is 0 Å². The highest BCUT2D eigenvalue weighted by atomic mass is 19.4. The Morgan fingerprint density at radius 2 is 1.70 bits per heavy atom. The van der Waals surface area contributed by atoms with Crippen LogP contribution in [-0.2, 0) is 6.18 Å². The van der Waals surface area contributed by atoms with E-state index >= 15 is 0 Å². The molecule has 3 aromatic rings. The van der Waals surface area contributed by atoms with E-state index in [9.17, 15) is 22.4 Å². The lowest BCUT2D eigenvalue weighted by Crippen LogP contribution is -2.04. The van der Waals surface area contributed by atoms with Crippen molar-refractivity contribution in [2.45, 2.75) is 6.18 Å². The monoisotopic (exact) mass is 323 g/mol. The second kappa shape index (κ2) is 5.12. The number of aromatic amines is 1. The number of alkyl halides is 3. The van der Waals surface area contributed by atoms with Crippen molar-refractivity contribution in [3.8, 4) is 11.1 Å². The van der Waals surface area contributed by atoms with Crippen LogP contribution in [-0.4, -0.2) is 16.1 Å². The van der Waals surface area contributed by atoms with Gasteiger partial charge in [-0.1, -0.05) is 12.1 Å². The Morgan fingerprint density at radius 3 is 2.26 bits per heavy atom. The molecule has 0 saturated carbocycles. The quantitative estimate of drug-likeness (QED) is 0.672. The number of benzene rings is 2. The van der Waals surface area contributed by atoms with Crippen molar-refractivity contribution >= 4 is 16.9 Å². The number of H-pyrrole nitrogens is 1. The maximum absolute atomic E-state index is 14.1. The van der Waals surface area contributed by atoms with Crippen molar-refractivity contribution in [2.75, 3.05) is 0 Å². The lowest BCUT2D eigenvalue weighted by Gasteiger charge is -2.08. The molecule has 7 heteroatoms. The van der Waals surface area contributed by atoms with Crippen LogP contribution in [0.3, 0.4) is 0 Å². The highest BCUT2D eigenvalue weighted by Crippen LogP contribution is 2.33. The fraction of sp³-hybridized carbons (Fsp3) is 0.0625. The topological polar surface area (TPSA) is 53.1 Å². The highest BCUT2D eigenvalue weighted by Gasteiger charge is 2.30. The third-order valence-corrected chi connectivity index (χ3v) is 3.52. The number of hydrogen-bond donors (Lipinski definition) is 2. The Labute approximate surface area is 127 Å². The summed E-state index contributed by atoms with van der Waals surface area (Å²) in [5.41, 5.74) is -0.219. The predicted molar refractivity (Wildman–Crippen MR) is 75.7 cm³/mol. The third kappa shape index (κ3) is 2.65. The minimum atomic E-state index is -4.45. The number of halogens is 4. The fourth-order valence-corrected chi connectivity index (χ4v) is 2.38. The van der Waals surface area contributed by atoms with E-state index in [1.807, 2.05) is 0 Å². The van der Waals surface area contributed by atoms with Crippen LogP contribution in [0.1, 0.15) is 15.9 Å². The summed E-state index contributed by atoms with van der Waals surface area (Å²) >= 11 is 0. The van der Waals surface area contributed by atoms with E-state index < -0.39 is 23.5 Å². The standard InChI is InChI=1S/C16H9F4NO2/c17-13-6-9(5-11-12(15(22)23)7-21-14(11)13)8-1-3-10(4-2-8)16(18,19)20/h1-7,21H,(H,22,23). The zero-order valence-electron chi connectivity index (χ0n) is 11.4. The largest absolute Gasteiger partial charge is 0.478 e. The molecule has 0 bridgehead atoms. The van der Waals surface area contributed by atoms with Crippen molar-refractivity contribution in [3.63, 3.8) is 0 Å². The molecule has 118 valence electrons. The van der Waals surface area contributed by atoms with E-state index in [-0.39, 0.29) is 16.5 Å². The SMILES string of the molecule is O=C(O)c1c[nH]c2c(F)cc(-c3ccc(C(F)(F)F)cc3)cc12. The first-order valence-electron chi connectivity index (χ1n) is 6.49. The van der Waals surface area contributed by atoms with E-state index in [4.69, 9.17) is 5.11 Å². The summed E-state index contributed by atoms with van der Waals surface area (Å²) < 4.78 is 51.8. The summed E-state index contributed by atoms with van der Waals surface area (Å²) in [5, 5.41) is 9.24. The number of carbonyl (C=O) groups is 1. The molecule has 0 spiro atoms. The Bertz CT molecular complexity index is 895. The van der Waals surface area contributed by atoms with Crippen LogP contribution >= 0.6 is 0 Å². The van der Waals surface area contributed by atoms with Gasteiger partial charge in [0.05, 0.1) is 16.6 Å². The minimum Gasteiger partial charge on any atom is -0.478 e. The molecule has 2 aromatic carbocycles. The van der Waals surface area contributed by atoms with Crippen molar-refractivity contribution in [3.05, 3.63) is 59.5 Å². The molecular weight excluding hydrogens is 314 g/mol. The summed E-state index contributed by atoms with van der Waals surface area (Å²) in [6, 6.07) is 6.81. The number of rotatable bonds is 2. The number of aromatic carboxylic acids is 1. The first-order valence-corrected chi connectivity index (χ1v) is 6.49. The molecule has 3 nitrogen and oxygen atoms in total. The summed E-state index contributed by atoms with van der Waals surface area (Å²) in [7, 11) is 0. The number of aromatic nitrogens is 1. The zero-order chi connectivity index (χ0) is 16.8. The zero-order valence-corrected chi connectivity index (χ0v) is 11.4. The van der Waals surface area contributed by atoms with Crippen LogP contribution < -0.4 is 0 Å². The van der Waals surface area contributed by atoms with Gasteiger partial charge in [0, 0.05) is 11.6 Å². The molecule has 0 aliphatic carbocycles. The van der Waals surface area contributed by atoms with Gasteiger partial charge in [-0.05, 0) is 35.4 Å². The maximum Gasteiger partial charge on any atom is 0.416 e. The van der Waals surface area contributed by atoms with E-state index in [1.165, 1.54) is 24.4 Å². The Morgan fingerprint density at radius 1 is 1.04 bits per heavy atom. The van der Waals surface area contributed by atoms with Gasteiger partial charge in [-0.25, -0.2) is 9.18 Å². The van der Waals surface area contributed by atoms with Gasteiger partial charge in [0.25, 0.3) is 0 Å². The molecule has 0 aliphatic rings. The summed E-state index contributed by atoms with van der Waals surface area (Å²) in [4.78, 5) is 13.7. The predicted octanol–water partition coefficient (Wildman–Crippen LogP) is 4.69. The van der Waals surface area contributed by atoms with E-state index in [2.05, 4.69) is 4.98 Å². The lowest BCUT2D eigenvalue weighted by atomic mass is 10.0. The second-order valence-corrected chi connectivity index (χ2v) is 4.96. The summed E-state index contributed by atoms with van der Waals surface area (Å²) in [5.74, 6) is -1.90. The van der Waals surface area contributed by atoms with Crippen molar-refractivity contribution in [1.82, 2.24) is 4.98 Å². The molecule has 0 amide bonds. The molecule has 0 radical (unpaired) electrons. The summed E-state index contributed by atoms with van der Waals surface area (Å²) in [6.07, 6.45) is -3.28. The van der Waals surface area contributed by atoms with Crippen molar-refractivity contribution in [2.24, 2.45) is 0 Å². The number of hydrogen-bond acceptors (Lipinski definition) is 1. The summed E-state index contributed by atoms with van der Waals surface area (Å²) in [6.45, 7) is 0. The molecule has 23 heavy (non-hydrogen) atoms. The number of carboxylic acid groups (broad SMARTS) is 1. The molecule has 1 aromatic heterocycles. The van der Waals surface area contributed by atoms with Crippen molar-refractivity contribution in [1.29, 1.82) is 0 Å². The minimum absolute atomic E-state index is 0.0399. The van der Waals surface area contributed by atoms with E-state index in [1.54, 1.807) is 0 Å². The molecule has 3 rings (SSSR count). The lowest BCUT2D eigenvalue weighted by molar-refractivity contribution is -0.137. The number of nitrogens with one attached hydrogen (secondary N) is 1. The van der Waals surface area contributed by atoms with Crippen LogP contribution in [0, 0.1) is 5.82 Å². The molecular formula is C16H9F4NO2. The Kier molecular flexibility index (Phi) is 3.35. The molecule has 0 atom stereocenters. The molecule has 1 heterocycles. The maximum atomic E-state index is 14.1. The fourth-order valence-electron chi connectivity index (χ4n) is 2.38. The molecule has 0 saturated heterocycles. The van der Waals surface area contributed by atoms with Crippen LogP contribution in [0.2, 0.25) is 0 Å². The Balaban J connectivity index is 2.13. The molecule has 2 N–H and O–H groups in total. The second-order valence-electron chi connectivity index (χ2n) is 4.96. The van der Waals surface area contributed by atoms with Gasteiger partial charge >= 0.3 is 12.1 Å². The van der Waals surface area contributed by atoms with Crippen LogP contribution in [0.25, 0.3) is 22.0 Å². The first-order chi connectivity index (χ1) is 10.8. The van der Waals surface area contributed by atoms with Gasteiger partial charge in [-0.3, -0.25) is 0 Å². The molecule has 0 aliphatic heterocycles. The third-order valence-electron chi connectivity index (χ3n) is 3.52. The number of fused-ring (bicyclic) bond motifs is 1. The van der Waals surface area contributed by atoms with E-state index in [0.717, 1.165) is 18.2 Å².